The van der Waals surface area contributed by atoms with Gasteiger partial charge in [0.1, 0.15) is 12.1 Å². The van der Waals surface area contributed by atoms with Gasteiger partial charge in [-0.05, 0) is 18.6 Å². The van der Waals surface area contributed by atoms with Crippen molar-refractivity contribution in [1.82, 2.24) is 20.2 Å². The number of hydrogen-bond donors (Lipinski definition) is 1. The first-order chi connectivity index (χ1) is 15.1. The van der Waals surface area contributed by atoms with E-state index in [1.54, 1.807) is 20.5 Å². The molecule has 1 aliphatic rings. The lowest BCUT2D eigenvalue weighted by Crippen LogP contribution is -2.52. The van der Waals surface area contributed by atoms with Crippen molar-refractivity contribution < 1.29 is 14.3 Å². The van der Waals surface area contributed by atoms with E-state index >= 15 is 0 Å². The summed E-state index contributed by atoms with van der Waals surface area (Å²) in [6.45, 7) is 4.61. The van der Waals surface area contributed by atoms with Crippen molar-refractivity contribution in [1.29, 1.82) is 0 Å². The minimum absolute atomic E-state index is 0.0417. The van der Waals surface area contributed by atoms with Crippen LogP contribution in [0.4, 0.5) is 10.6 Å². The Kier molecular flexibility index (Phi) is 6.06. The van der Waals surface area contributed by atoms with Gasteiger partial charge in [0.2, 0.25) is 0 Å². The molecule has 2 heterocycles. The van der Waals surface area contributed by atoms with E-state index in [0.717, 1.165) is 22.3 Å². The molecule has 1 N–H and O–H groups in total. The Labute approximate surface area is 181 Å². The van der Waals surface area contributed by atoms with Crippen molar-refractivity contribution in [2.45, 2.75) is 13.0 Å². The molecule has 1 fully saturated rings. The third kappa shape index (κ3) is 4.33. The summed E-state index contributed by atoms with van der Waals surface area (Å²) >= 11 is 0. The largest absolute Gasteiger partial charge is 0.493 e. The molecule has 1 aromatic heterocycles. The van der Waals surface area contributed by atoms with Gasteiger partial charge in [-0.3, -0.25) is 0 Å². The SMILES string of the molecule is COc1cc2ncnc(N3CCN(C(=O)N[C@H](C)c4ccccc4)CC3)c2cc1OC. The van der Waals surface area contributed by atoms with E-state index in [-0.39, 0.29) is 12.1 Å². The van der Waals surface area contributed by atoms with Gasteiger partial charge in [-0.15, -0.1) is 0 Å². The lowest BCUT2D eigenvalue weighted by Gasteiger charge is -2.36. The van der Waals surface area contributed by atoms with Crippen LogP contribution in [0.2, 0.25) is 0 Å². The van der Waals surface area contributed by atoms with Gasteiger partial charge in [0.25, 0.3) is 0 Å². The Bertz CT molecular complexity index is 1050. The highest BCUT2D eigenvalue weighted by atomic mass is 16.5. The number of piperazine rings is 1. The normalized spacial score (nSPS) is 14.9. The molecule has 1 atom stereocenters. The Morgan fingerprint density at radius 3 is 2.35 bits per heavy atom. The molecule has 0 aliphatic carbocycles. The Balaban J connectivity index is 1.45. The number of nitrogens with zero attached hydrogens (tertiary/aromatic N) is 4. The zero-order chi connectivity index (χ0) is 21.8. The molecular weight excluding hydrogens is 394 g/mol. The van der Waals surface area contributed by atoms with E-state index in [2.05, 4.69) is 20.2 Å². The second-order valence-corrected chi connectivity index (χ2v) is 7.48. The number of rotatable bonds is 5. The number of methoxy groups -OCH3 is 2. The zero-order valence-electron chi connectivity index (χ0n) is 18.0. The van der Waals surface area contributed by atoms with Crippen LogP contribution < -0.4 is 19.7 Å². The second-order valence-electron chi connectivity index (χ2n) is 7.48. The summed E-state index contributed by atoms with van der Waals surface area (Å²) in [4.78, 5) is 25.7. The summed E-state index contributed by atoms with van der Waals surface area (Å²) in [5.74, 6) is 2.11. The Hall–Kier alpha value is -3.55. The molecule has 31 heavy (non-hydrogen) atoms. The van der Waals surface area contributed by atoms with Crippen molar-refractivity contribution >= 4 is 22.8 Å². The van der Waals surface area contributed by atoms with Gasteiger partial charge in [0.15, 0.2) is 11.5 Å². The molecule has 0 saturated carbocycles. The van der Waals surface area contributed by atoms with Crippen LogP contribution in [0.5, 0.6) is 11.5 Å². The lowest BCUT2D eigenvalue weighted by atomic mass is 10.1. The molecule has 4 rings (SSSR count). The van der Waals surface area contributed by atoms with Crippen LogP contribution in [-0.2, 0) is 0 Å². The summed E-state index contributed by atoms with van der Waals surface area (Å²) in [7, 11) is 3.22. The first kappa shape index (κ1) is 20.7. The number of fused-ring (bicyclic) bond motifs is 1. The third-order valence-electron chi connectivity index (χ3n) is 5.63. The summed E-state index contributed by atoms with van der Waals surface area (Å²) in [5, 5.41) is 3.99. The van der Waals surface area contributed by atoms with E-state index in [1.807, 2.05) is 54.3 Å². The number of ether oxygens (including phenoxy) is 2. The fraction of sp³-hybridized carbons (Fsp3) is 0.348. The standard InChI is InChI=1S/C23H27N5O3/c1-16(17-7-5-4-6-8-17)26-23(29)28-11-9-27(10-12-28)22-18-13-20(30-2)21(31-3)14-19(18)24-15-25-22/h4-8,13-16H,9-12H2,1-3H3,(H,26,29)/t16-/m1/s1. The molecule has 162 valence electrons. The first-order valence-electron chi connectivity index (χ1n) is 10.3. The third-order valence-corrected chi connectivity index (χ3v) is 5.63. The predicted octanol–water partition coefficient (Wildman–Crippen LogP) is 3.24. The zero-order valence-corrected chi connectivity index (χ0v) is 18.0. The number of anilines is 1. The van der Waals surface area contributed by atoms with Gasteiger partial charge in [0.05, 0.1) is 25.8 Å². The van der Waals surface area contributed by atoms with Crippen LogP contribution >= 0.6 is 0 Å². The number of amides is 2. The first-order valence-corrected chi connectivity index (χ1v) is 10.3. The monoisotopic (exact) mass is 421 g/mol. The molecule has 8 nitrogen and oxygen atoms in total. The van der Waals surface area contributed by atoms with E-state index in [0.29, 0.717) is 37.7 Å². The average Bonchev–Trinajstić information content (AvgIpc) is 2.83. The quantitative estimate of drug-likeness (QED) is 0.681. The van der Waals surface area contributed by atoms with Crippen LogP contribution in [0.25, 0.3) is 10.9 Å². The van der Waals surface area contributed by atoms with Crippen LogP contribution in [-0.4, -0.2) is 61.3 Å². The molecule has 1 saturated heterocycles. The van der Waals surface area contributed by atoms with Crippen LogP contribution in [0.1, 0.15) is 18.5 Å². The van der Waals surface area contributed by atoms with Crippen LogP contribution in [0.3, 0.4) is 0 Å². The molecule has 0 unspecified atom stereocenters. The van der Waals surface area contributed by atoms with Crippen molar-refractivity contribution in [2.75, 3.05) is 45.3 Å². The smallest absolute Gasteiger partial charge is 0.317 e. The number of carbonyl (C=O) groups is 1. The minimum Gasteiger partial charge on any atom is -0.493 e. The van der Waals surface area contributed by atoms with E-state index in [1.165, 1.54) is 0 Å². The van der Waals surface area contributed by atoms with Crippen molar-refractivity contribution in [2.24, 2.45) is 0 Å². The predicted molar refractivity (Wildman–Crippen MR) is 120 cm³/mol. The summed E-state index contributed by atoms with van der Waals surface area (Å²) in [6, 6.07) is 13.6. The van der Waals surface area contributed by atoms with Gasteiger partial charge in [-0.25, -0.2) is 14.8 Å². The number of carbonyl (C=O) groups excluding carboxylic acids is 1. The van der Waals surface area contributed by atoms with Crippen molar-refractivity contribution in [3.63, 3.8) is 0 Å². The highest BCUT2D eigenvalue weighted by molar-refractivity contribution is 5.92. The highest BCUT2D eigenvalue weighted by Crippen LogP contribution is 2.34. The van der Waals surface area contributed by atoms with Gasteiger partial charge in [0, 0.05) is 37.6 Å². The van der Waals surface area contributed by atoms with Crippen LogP contribution in [0, 0.1) is 0 Å². The van der Waals surface area contributed by atoms with E-state index < -0.39 is 0 Å². The maximum atomic E-state index is 12.7. The summed E-state index contributed by atoms with van der Waals surface area (Å²) < 4.78 is 10.8. The number of nitrogens with one attached hydrogen (secondary N) is 1. The Morgan fingerprint density at radius 1 is 1.00 bits per heavy atom. The van der Waals surface area contributed by atoms with Crippen molar-refractivity contribution in [3.05, 3.63) is 54.4 Å². The lowest BCUT2D eigenvalue weighted by molar-refractivity contribution is 0.191. The molecular formula is C23H27N5O3. The number of urea groups is 1. The number of hydrogen-bond acceptors (Lipinski definition) is 6. The van der Waals surface area contributed by atoms with Gasteiger partial charge in [-0.2, -0.15) is 0 Å². The van der Waals surface area contributed by atoms with Gasteiger partial charge in [-0.1, -0.05) is 30.3 Å². The maximum Gasteiger partial charge on any atom is 0.317 e. The molecule has 0 bridgehead atoms. The minimum atomic E-state index is -0.0463. The molecule has 0 radical (unpaired) electrons. The summed E-state index contributed by atoms with van der Waals surface area (Å²) in [5.41, 5.74) is 1.88. The number of aromatic nitrogens is 2. The fourth-order valence-corrected chi connectivity index (χ4v) is 3.84. The van der Waals surface area contributed by atoms with Crippen LogP contribution in [0.15, 0.2) is 48.8 Å². The molecule has 3 aromatic rings. The van der Waals surface area contributed by atoms with E-state index in [4.69, 9.17) is 9.47 Å². The molecule has 1 aliphatic heterocycles. The van der Waals surface area contributed by atoms with Gasteiger partial charge < -0.3 is 24.6 Å². The highest BCUT2D eigenvalue weighted by Gasteiger charge is 2.24. The topological polar surface area (TPSA) is 79.8 Å². The number of benzene rings is 2. The molecule has 2 amide bonds. The Morgan fingerprint density at radius 2 is 1.68 bits per heavy atom. The summed E-state index contributed by atoms with van der Waals surface area (Å²) in [6.07, 6.45) is 1.56. The van der Waals surface area contributed by atoms with Gasteiger partial charge >= 0.3 is 6.03 Å². The van der Waals surface area contributed by atoms with Crippen molar-refractivity contribution in [3.8, 4) is 11.5 Å². The fourth-order valence-electron chi connectivity index (χ4n) is 3.84. The molecule has 0 spiro atoms. The van der Waals surface area contributed by atoms with E-state index in [9.17, 15) is 4.79 Å². The maximum absolute atomic E-state index is 12.7. The average molecular weight is 422 g/mol. The second kappa shape index (κ2) is 9.07. The molecule has 8 heteroatoms. The molecule has 2 aromatic carbocycles.